The van der Waals surface area contributed by atoms with Crippen LogP contribution in [0.4, 0.5) is 0 Å². The molecule has 0 aliphatic rings. The maximum atomic E-state index is 5.94. The van der Waals surface area contributed by atoms with E-state index >= 15 is 0 Å². The lowest BCUT2D eigenvalue weighted by molar-refractivity contribution is -0.0777. The summed E-state index contributed by atoms with van der Waals surface area (Å²) in [6.07, 6.45) is 0.884. The molecule has 1 aromatic carbocycles. The second-order valence-electron chi connectivity index (χ2n) is 3.48. The summed E-state index contributed by atoms with van der Waals surface area (Å²) in [7, 11) is -1.29. The quantitative estimate of drug-likeness (QED) is 0.544. The largest absolute Gasteiger partial charge is 0.391 e. The normalized spacial score (nSPS) is 14.9. The first kappa shape index (κ1) is 12.4. The average Bonchev–Trinajstić information content (AvgIpc) is 2.29. The summed E-state index contributed by atoms with van der Waals surface area (Å²) in [4.78, 5) is 0. The molecule has 0 aliphatic carbocycles. The van der Waals surface area contributed by atoms with Gasteiger partial charge in [0.1, 0.15) is 6.29 Å². The van der Waals surface area contributed by atoms with Gasteiger partial charge in [-0.2, -0.15) is 0 Å². The number of rotatable bonds is 6. The summed E-state index contributed by atoms with van der Waals surface area (Å²) in [5.74, 6) is 0. The Labute approximate surface area is 93.9 Å². The highest BCUT2D eigenvalue weighted by molar-refractivity contribution is 6.66. The van der Waals surface area contributed by atoms with Crippen LogP contribution in [-0.4, -0.2) is 21.9 Å². The van der Waals surface area contributed by atoms with E-state index in [2.05, 4.69) is 37.7 Å². The van der Waals surface area contributed by atoms with Gasteiger partial charge in [0.2, 0.25) is 9.04 Å². The van der Waals surface area contributed by atoms with E-state index in [1.165, 1.54) is 5.19 Å². The first-order valence-corrected chi connectivity index (χ1v) is 7.80. The third-order valence-electron chi connectivity index (χ3n) is 2.31. The van der Waals surface area contributed by atoms with Gasteiger partial charge in [0.05, 0.1) is 0 Å². The van der Waals surface area contributed by atoms with Crippen molar-refractivity contribution in [2.75, 3.05) is 6.61 Å². The minimum absolute atomic E-state index is 0.0307. The van der Waals surface area contributed by atoms with Crippen molar-refractivity contribution in [3.05, 3.63) is 30.3 Å². The van der Waals surface area contributed by atoms with Crippen molar-refractivity contribution in [2.24, 2.45) is 0 Å². The second-order valence-corrected chi connectivity index (χ2v) is 5.71. The van der Waals surface area contributed by atoms with Crippen LogP contribution in [-0.2, 0) is 9.16 Å². The SMILES string of the molecule is CCOC(CC)O[SiH](C)c1ccccc1. The standard InChI is InChI=1S/C12H20O2Si/c1-4-12(13-5-2)14-15(3)11-9-7-6-8-10-11/h6-10,12,15H,4-5H2,1-3H3. The lowest BCUT2D eigenvalue weighted by atomic mass is 10.4. The zero-order valence-electron chi connectivity index (χ0n) is 9.77. The molecule has 2 atom stereocenters. The number of ether oxygens (including phenoxy) is 1. The molecular formula is C12H20O2Si. The molecule has 0 N–H and O–H groups in total. The van der Waals surface area contributed by atoms with Gasteiger partial charge in [-0.1, -0.05) is 37.3 Å². The molecule has 2 unspecified atom stereocenters. The molecule has 0 bridgehead atoms. The number of hydrogen-bond donors (Lipinski definition) is 0. The maximum absolute atomic E-state index is 5.94. The van der Waals surface area contributed by atoms with Crippen molar-refractivity contribution >= 4 is 14.2 Å². The topological polar surface area (TPSA) is 18.5 Å². The Balaban J connectivity index is 2.50. The van der Waals surface area contributed by atoms with Crippen LogP contribution in [0.1, 0.15) is 20.3 Å². The first-order valence-electron chi connectivity index (χ1n) is 5.59. The minimum atomic E-state index is -1.29. The zero-order chi connectivity index (χ0) is 11.1. The van der Waals surface area contributed by atoms with E-state index in [1.807, 2.05) is 13.0 Å². The molecule has 0 spiro atoms. The predicted molar refractivity (Wildman–Crippen MR) is 65.9 cm³/mol. The number of benzene rings is 1. The van der Waals surface area contributed by atoms with Gasteiger partial charge in [-0.15, -0.1) is 0 Å². The molecule has 1 aromatic rings. The molecule has 1 rings (SSSR count). The minimum Gasteiger partial charge on any atom is -0.391 e. The van der Waals surface area contributed by atoms with Gasteiger partial charge in [-0.3, -0.25) is 0 Å². The van der Waals surface area contributed by atoms with Crippen molar-refractivity contribution in [2.45, 2.75) is 33.1 Å². The summed E-state index contributed by atoms with van der Waals surface area (Å²) in [6.45, 7) is 7.00. The van der Waals surface area contributed by atoms with Crippen LogP contribution in [0.3, 0.4) is 0 Å². The molecule has 84 valence electrons. The molecule has 0 amide bonds. The molecule has 0 aromatic heterocycles. The first-order chi connectivity index (χ1) is 7.27. The van der Waals surface area contributed by atoms with Gasteiger partial charge in [0.15, 0.2) is 0 Å². The summed E-state index contributed by atoms with van der Waals surface area (Å²) >= 11 is 0. The highest BCUT2D eigenvalue weighted by Gasteiger charge is 2.13. The fraction of sp³-hybridized carbons (Fsp3) is 0.500. The fourth-order valence-electron chi connectivity index (χ4n) is 1.47. The molecule has 15 heavy (non-hydrogen) atoms. The van der Waals surface area contributed by atoms with Gasteiger partial charge in [-0.25, -0.2) is 0 Å². The van der Waals surface area contributed by atoms with Gasteiger partial charge in [0, 0.05) is 6.61 Å². The zero-order valence-corrected chi connectivity index (χ0v) is 10.9. The van der Waals surface area contributed by atoms with Crippen molar-refractivity contribution in [3.8, 4) is 0 Å². The molecule has 0 radical (unpaired) electrons. The van der Waals surface area contributed by atoms with Gasteiger partial charge >= 0.3 is 0 Å². The average molecular weight is 224 g/mol. The van der Waals surface area contributed by atoms with Gasteiger partial charge in [-0.05, 0) is 25.1 Å². The van der Waals surface area contributed by atoms with Crippen LogP contribution in [0.5, 0.6) is 0 Å². The van der Waals surface area contributed by atoms with Crippen LogP contribution in [0.15, 0.2) is 30.3 Å². The van der Waals surface area contributed by atoms with E-state index in [-0.39, 0.29) is 6.29 Å². The van der Waals surface area contributed by atoms with Crippen molar-refractivity contribution in [1.29, 1.82) is 0 Å². The smallest absolute Gasteiger partial charge is 0.208 e. The lowest BCUT2D eigenvalue weighted by Crippen LogP contribution is -2.35. The molecule has 0 fully saturated rings. The molecular weight excluding hydrogens is 204 g/mol. The van der Waals surface area contributed by atoms with E-state index in [0.717, 1.165) is 6.42 Å². The summed E-state index contributed by atoms with van der Waals surface area (Å²) in [5.41, 5.74) is 0. The Morgan fingerprint density at radius 1 is 1.20 bits per heavy atom. The van der Waals surface area contributed by atoms with Crippen molar-refractivity contribution < 1.29 is 9.16 Å². The molecule has 3 heteroatoms. The van der Waals surface area contributed by atoms with Crippen LogP contribution < -0.4 is 5.19 Å². The molecule has 0 saturated carbocycles. The van der Waals surface area contributed by atoms with Crippen molar-refractivity contribution in [1.82, 2.24) is 0 Å². The summed E-state index contributed by atoms with van der Waals surface area (Å²) < 4.78 is 11.4. The van der Waals surface area contributed by atoms with E-state index in [4.69, 9.17) is 9.16 Å². The number of hydrogen-bond acceptors (Lipinski definition) is 2. The summed E-state index contributed by atoms with van der Waals surface area (Å²) in [5, 5.41) is 1.33. The highest BCUT2D eigenvalue weighted by atomic mass is 28.3. The van der Waals surface area contributed by atoms with Crippen molar-refractivity contribution in [3.63, 3.8) is 0 Å². The van der Waals surface area contributed by atoms with Gasteiger partial charge in [0.25, 0.3) is 0 Å². The van der Waals surface area contributed by atoms with Crippen LogP contribution in [0.25, 0.3) is 0 Å². The van der Waals surface area contributed by atoms with Crippen LogP contribution in [0, 0.1) is 0 Å². The Bertz CT molecular complexity index is 264. The molecule has 2 nitrogen and oxygen atoms in total. The lowest BCUT2D eigenvalue weighted by Gasteiger charge is -2.20. The van der Waals surface area contributed by atoms with E-state index in [9.17, 15) is 0 Å². The third kappa shape index (κ3) is 4.16. The molecule has 0 heterocycles. The highest BCUT2D eigenvalue weighted by Crippen LogP contribution is 2.03. The Morgan fingerprint density at radius 2 is 1.87 bits per heavy atom. The van der Waals surface area contributed by atoms with E-state index < -0.39 is 9.04 Å². The van der Waals surface area contributed by atoms with E-state index in [1.54, 1.807) is 0 Å². The Morgan fingerprint density at radius 3 is 2.40 bits per heavy atom. The van der Waals surface area contributed by atoms with Crippen LogP contribution in [0.2, 0.25) is 6.55 Å². The monoisotopic (exact) mass is 224 g/mol. The second kappa shape index (κ2) is 6.77. The fourth-order valence-corrected chi connectivity index (χ4v) is 3.12. The third-order valence-corrected chi connectivity index (χ3v) is 4.35. The molecule has 0 saturated heterocycles. The van der Waals surface area contributed by atoms with E-state index in [0.29, 0.717) is 6.61 Å². The maximum Gasteiger partial charge on any atom is 0.208 e. The summed E-state index contributed by atoms with van der Waals surface area (Å²) in [6, 6.07) is 10.4. The van der Waals surface area contributed by atoms with Crippen LogP contribution >= 0.6 is 0 Å². The molecule has 0 aliphatic heterocycles. The Kier molecular flexibility index (Phi) is 5.61. The van der Waals surface area contributed by atoms with Gasteiger partial charge < -0.3 is 9.16 Å². The Hall–Kier alpha value is -0.643. The predicted octanol–water partition coefficient (Wildman–Crippen LogP) is 2.04.